The number of aromatic nitrogens is 3. The molecule has 0 N–H and O–H groups in total. The Bertz CT molecular complexity index is 1260. The highest BCUT2D eigenvalue weighted by Gasteiger charge is 2.07. The third kappa shape index (κ3) is 3.62. The predicted octanol–water partition coefficient (Wildman–Crippen LogP) is 4.24. The minimum Gasteiger partial charge on any atom is -0.497 e. The monoisotopic (exact) mass is 365 g/mol. The van der Waals surface area contributed by atoms with E-state index in [1.165, 1.54) is 6.07 Å². The van der Waals surface area contributed by atoms with Crippen molar-refractivity contribution in [3.8, 4) is 22.8 Å². The Morgan fingerprint density at radius 2 is 1.78 bits per heavy atom. The van der Waals surface area contributed by atoms with E-state index in [2.05, 4.69) is 4.98 Å². The van der Waals surface area contributed by atoms with Crippen LogP contribution >= 0.6 is 0 Å². The number of aryl methyl sites for hydroxylation is 1. The maximum absolute atomic E-state index is 7.34. The maximum Gasteiger partial charge on any atom is 0.122 e. The highest BCUT2D eigenvalue weighted by molar-refractivity contribution is 5.77. The molecule has 2 aromatic carbocycles. The topological polar surface area (TPSA) is 49.2 Å². The lowest BCUT2D eigenvalue weighted by atomic mass is 10.0. The molecule has 0 bridgehead atoms. The minimum atomic E-state index is -2.68. The summed E-state index contributed by atoms with van der Waals surface area (Å²) in [5, 5.41) is 0. The van der Waals surface area contributed by atoms with Gasteiger partial charge in [-0.2, -0.15) is 0 Å². The van der Waals surface area contributed by atoms with Gasteiger partial charge in [-0.15, -0.1) is 0 Å². The third-order valence-electron chi connectivity index (χ3n) is 4.32. The number of nitrogens with zero attached hydrogens (tertiary/aromatic N) is 3. The highest BCUT2D eigenvalue weighted by atomic mass is 16.5. The van der Waals surface area contributed by atoms with Crippen molar-refractivity contribution in [3.05, 3.63) is 72.2 Å². The molecule has 4 rings (SSSR count). The van der Waals surface area contributed by atoms with Crippen LogP contribution in [-0.4, -0.2) is 28.6 Å². The van der Waals surface area contributed by atoms with E-state index in [0.717, 1.165) is 22.3 Å². The van der Waals surface area contributed by atoms with Gasteiger partial charge >= 0.3 is 0 Å². The van der Waals surface area contributed by atoms with Crippen molar-refractivity contribution in [3.63, 3.8) is 0 Å². The Labute approximate surface area is 166 Å². The first kappa shape index (κ1) is 11.4. The number of fused-ring (bicyclic) bond motifs is 1. The molecular formula is C22H21N3O2. The van der Waals surface area contributed by atoms with Crippen LogP contribution in [0.25, 0.3) is 22.3 Å². The molecule has 5 nitrogen and oxygen atoms in total. The van der Waals surface area contributed by atoms with E-state index in [-0.39, 0.29) is 11.5 Å². The number of hydrogen-bond donors (Lipinski definition) is 0. The number of methoxy groups -OCH3 is 2. The Hall–Kier alpha value is -3.34. The van der Waals surface area contributed by atoms with Crippen LogP contribution in [0.5, 0.6) is 11.5 Å². The molecule has 2 aromatic heterocycles. The first-order valence-electron chi connectivity index (χ1n) is 11.3. The Morgan fingerprint density at radius 3 is 2.48 bits per heavy atom. The van der Waals surface area contributed by atoms with Crippen LogP contribution in [0.1, 0.15) is 19.4 Å². The predicted molar refractivity (Wildman–Crippen MR) is 106 cm³/mol. The summed E-state index contributed by atoms with van der Waals surface area (Å²) in [4.78, 5) is 9.21. The average molecular weight is 365 g/mol. The smallest absolute Gasteiger partial charge is 0.122 e. The molecule has 0 atom stereocenters. The SMILES string of the molecule is [2H]C([2H])([2H])Oc1cc(Cc2ccc3ncc(-c4ccn(C)c4)nc3c2)cc(OC([2H])([2H])[2H])c1. The van der Waals surface area contributed by atoms with Gasteiger partial charge in [0.2, 0.25) is 0 Å². The molecule has 0 saturated carbocycles. The Balaban J connectivity index is 1.67. The van der Waals surface area contributed by atoms with Crippen LogP contribution < -0.4 is 9.47 Å². The molecule has 2 heterocycles. The second-order valence-electron chi connectivity index (χ2n) is 6.34. The van der Waals surface area contributed by atoms with E-state index < -0.39 is 14.1 Å². The zero-order valence-corrected chi connectivity index (χ0v) is 14.6. The molecule has 27 heavy (non-hydrogen) atoms. The zero-order chi connectivity index (χ0) is 23.8. The van der Waals surface area contributed by atoms with Gasteiger partial charge in [0.25, 0.3) is 0 Å². The second kappa shape index (κ2) is 7.11. The number of rotatable bonds is 5. The zero-order valence-electron chi connectivity index (χ0n) is 20.6. The van der Waals surface area contributed by atoms with Crippen molar-refractivity contribution in [1.29, 1.82) is 0 Å². The largest absolute Gasteiger partial charge is 0.497 e. The molecule has 0 unspecified atom stereocenters. The van der Waals surface area contributed by atoms with E-state index in [0.29, 0.717) is 17.5 Å². The minimum absolute atomic E-state index is 0.00121. The van der Waals surface area contributed by atoms with Crippen LogP contribution in [0.2, 0.25) is 0 Å². The molecule has 0 radical (unpaired) electrons. The number of ether oxygens (including phenoxy) is 2. The molecule has 0 saturated heterocycles. The Morgan fingerprint density at radius 1 is 0.963 bits per heavy atom. The van der Waals surface area contributed by atoms with E-state index in [1.807, 2.05) is 48.3 Å². The fourth-order valence-corrected chi connectivity index (χ4v) is 3.05. The Kier molecular flexibility index (Phi) is 3.00. The molecule has 4 aromatic rings. The number of benzene rings is 2. The molecule has 0 aliphatic carbocycles. The standard InChI is InChI=1S/C22H21N3O2/c1-25-7-6-17(14-25)22-13-23-20-5-4-15(11-21(20)24-22)8-16-9-18(26-2)12-19(10-16)27-3/h4-7,9-14H,8H2,1-3H3/i2D3,3D3. The van der Waals surface area contributed by atoms with Gasteiger partial charge in [0.15, 0.2) is 0 Å². The molecule has 0 fully saturated rings. The first-order valence-corrected chi connectivity index (χ1v) is 8.34. The van der Waals surface area contributed by atoms with Gasteiger partial charge < -0.3 is 14.0 Å². The van der Waals surface area contributed by atoms with Crippen molar-refractivity contribution in [1.82, 2.24) is 14.5 Å². The lowest BCUT2D eigenvalue weighted by Gasteiger charge is -2.09. The molecule has 0 spiro atoms. The molecule has 0 aliphatic heterocycles. The van der Waals surface area contributed by atoms with Gasteiger partial charge in [-0.1, -0.05) is 6.07 Å². The van der Waals surface area contributed by atoms with Crippen molar-refractivity contribution in [2.75, 3.05) is 14.1 Å². The fourth-order valence-electron chi connectivity index (χ4n) is 3.05. The fraction of sp³-hybridized carbons (Fsp3) is 0.182. The van der Waals surface area contributed by atoms with Crippen LogP contribution in [0.15, 0.2) is 61.1 Å². The lowest BCUT2D eigenvalue weighted by molar-refractivity contribution is 0.393. The molecule has 5 heteroatoms. The van der Waals surface area contributed by atoms with Crippen LogP contribution in [0, 0.1) is 0 Å². The van der Waals surface area contributed by atoms with Crippen LogP contribution in [0.3, 0.4) is 0 Å². The summed E-state index contributed by atoms with van der Waals surface area (Å²) in [6, 6.07) is 12.0. The van der Waals surface area contributed by atoms with Crippen molar-refractivity contribution in [2.45, 2.75) is 6.42 Å². The van der Waals surface area contributed by atoms with Gasteiger partial charge in [0.1, 0.15) is 11.5 Å². The third-order valence-corrected chi connectivity index (χ3v) is 4.32. The second-order valence-corrected chi connectivity index (χ2v) is 6.34. The highest BCUT2D eigenvalue weighted by Crippen LogP contribution is 2.25. The first-order chi connectivity index (χ1) is 15.4. The molecular weight excluding hydrogens is 338 g/mol. The van der Waals surface area contributed by atoms with Gasteiger partial charge in [-0.25, -0.2) is 4.98 Å². The summed E-state index contributed by atoms with van der Waals surface area (Å²) in [5.41, 5.74) is 4.67. The van der Waals surface area contributed by atoms with Gasteiger partial charge in [-0.3, -0.25) is 4.98 Å². The summed E-state index contributed by atoms with van der Waals surface area (Å²) < 4.78 is 55.9. The van der Waals surface area contributed by atoms with Gasteiger partial charge in [0.05, 0.1) is 45.2 Å². The normalized spacial score (nSPS) is 15.1. The molecule has 0 amide bonds. The lowest BCUT2D eigenvalue weighted by Crippen LogP contribution is -1.94. The summed E-state index contributed by atoms with van der Waals surface area (Å²) in [5.74, 6) is -0.00242. The van der Waals surface area contributed by atoms with E-state index in [1.54, 1.807) is 18.3 Å². The van der Waals surface area contributed by atoms with Gasteiger partial charge in [0, 0.05) is 31.1 Å². The van der Waals surface area contributed by atoms with Crippen LogP contribution in [-0.2, 0) is 13.5 Å². The van der Waals surface area contributed by atoms with Gasteiger partial charge in [-0.05, 0) is 47.9 Å². The summed E-state index contributed by atoms with van der Waals surface area (Å²) >= 11 is 0. The summed E-state index contributed by atoms with van der Waals surface area (Å²) in [6.45, 7) is 0. The van der Waals surface area contributed by atoms with E-state index >= 15 is 0 Å². The van der Waals surface area contributed by atoms with Crippen molar-refractivity contribution >= 4 is 11.0 Å². The van der Waals surface area contributed by atoms with E-state index in [4.69, 9.17) is 22.7 Å². The number of hydrogen-bond acceptors (Lipinski definition) is 4. The van der Waals surface area contributed by atoms with Crippen LogP contribution in [0.4, 0.5) is 0 Å². The van der Waals surface area contributed by atoms with Crippen molar-refractivity contribution in [2.24, 2.45) is 7.05 Å². The average Bonchev–Trinajstić information content (AvgIpc) is 3.11. The summed E-state index contributed by atoms with van der Waals surface area (Å²) in [6.07, 6.45) is 6.00. The summed E-state index contributed by atoms with van der Waals surface area (Å²) in [7, 11) is -3.42. The molecule has 136 valence electrons. The maximum atomic E-state index is 7.34. The molecule has 0 aliphatic rings. The van der Waals surface area contributed by atoms with Crippen molar-refractivity contribution < 1.29 is 17.7 Å². The van der Waals surface area contributed by atoms with E-state index in [9.17, 15) is 0 Å². The quantitative estimate of drug-likeness (QED) is 0.531.